The average Bonchev–Trinajstić information content (AvgIpc) is 3.90. The van der Waals surface area contributed by atoms with Crippen molar-refractivity contribution in [1.29, 1.82) is 0 Å². The van der Waals surface area contributed by atoms with Crippen molar-refractivity contribution in [2.45, 2.75) is 0 Å². The van der Waals surface area contributed by atoms with Gasteiger partial charge in [-0.25, -0.2) is 0 Å². The Morgan fingerprint density at radius 3 is 2.04 bits per heavy atom. The van der Waals surface area contributed by atoms with Crippen LogP contribution in [0.25, 0.3) is 93.6 Å². The molecule has 0 atom stereocenters. The molecule has 0 unspecified atom stereocenters. The van der Waals surface area contributed by atoms with E-state index in [1.54, 1.807) is 0 Å². The summed E-state index contributed by atoms with van der Waals surface area (Å²) in [6.07, 6.45) is 0. The Balaban J connectivity index is 1.01. The molecule has 0 saturated carbocycles. The molecule has 0 radical (unpaired) electrons. The number of furan rings is 2. The molecule has 5 heterocycles. The van der Waals surface area contributed by atoms with Gasteiger partial charge in [-0.15, -0.1) is 0 Å². The Labute approximate surface area is 308 Å². The average molecular weight is 692 g/mol. The second-order valence-corrected chi connectivity index (χ2v) is 14.3. The first-order valence-corrected chi connectivity index (χ1v) is 18.3. The van der Waals surface area contributed by atoms with Gasteiger partial charge in [-0.2, -0.15) is 0 Å². The Kier molecular flexibility index (Phi) is 5.39. The molecule has 0 fully saturated rings. The van der Waals surface area contributed by atoms with Crippen molar-refractivity contribution in [3.8, 4) is 45.2 Å². The maximum atomic E-state index is 6.99. The van der Waals surface area contributed by atoms with Crippen LogP contribution in [-0.4, -0.2) is 11.5 Å². The van der Waals surface area contributed by atoms with E-state index in [-0.39, 0.29) is 6.92 Å². The number of hydrogen-bond donors (Lipinski definition) is 0. The van der Waals surface area contributed by atoms with Crippen molar-refractivity contribution in [3.05, 3.63) is 158 Å². The molecular weight excluding hydrogens is 665 g/mol. The summed E-state index contributed by atoms with van der Waals surface area (Å²) in [5.41, 5.74) is 12.9. The highest BCUT2D eigenvalue weighted by atomic mass is 16.5. The lowest BCUT2D eigenvalue weighted by molar-refractivity contribution is 0.479. The molecule has 11 aromatic rings. The topological polar surface area (TPSA) is 49.7 Å². The van der Waals surface area contributed by atoms with Crippen molar-refractivity contribution in [3.63, 3.8) is 0 Å². The largest absolute Gasteiger partial charge is 0.551 e. The smallest absolute Gasteiger partial charge is 0.434 e. The zero-order valence-corrected chi connectivity index (χ0v) is 28.7. The van der Waals surface area contributed by atoms with E-state index in [0.717, 1.165) is 111 Å². The summed E-state index contributed by atoms with van der Waals surface area (Å²) in [5, 5.41) is 6.63. The molecule has 8 aromatic carbocycles. The molecule has 250 valence electrons. The number of rotatable bonds is 2. The summed E-state index contributed by atoms with van der Waals surface area (Å²) >= 11 is 0. The Hall–Kier alpha value is -7.18. The highest BCUT2D eigenvalue weighted by Crippen LogP contribution is 2.45. The number of para-hydroxylation sites is 5. The van der Waals surface area contributed by atoms with Crippen molar-refractivity contribution < 1.29 is 18.2 Å². The zero-order valence-electron chi connectivity index (χ0n) is 28.7. The standard InChI is InChI=1S/C48H26BNO4/c1-5-16-38-30(10-1)31-11-2-6-17-39(31)50(38)28-25-36-33-13-4-8-19-41(33)54-49-37-22-20-27(24-43(37)51-44(26-28)46(36)49)29-14-9-15-35-45-42(53-47(29)35)23-21-34-32-12-3-7-18-40(32)52-48(34)45/h1-26H. The van der Waals surface area contributed by atoms with E-state index < -0.39 is 0 Å². The Morgan fingerprint density at radius 2 is 1.17 bits per heavy atom. The van der Waals surface area contributed by atoms with Crippen molar-refractivity contribution in [2.75, 3.05) is 0 Å². The number of fused-ring (bicyclic) bond motifs is 14. The lowest BCUT2D eigenvalue weighted by atomic mass is 9.50. The van der Waals surface area contributed by atoms with E-state index in [4.69, 9.17) is 18.2 Å². The van der Waals surface area contributed by atoms with Crippen molar-refractivity contribution in [1.82, 2.24) is 4.57 Å². The molecular formula is C48H26BNO4. The number of nitrogens with zero attached hydrogens (tertiary/aromatic N) is 1. The van der Waals surface area contributed by atoms with Crippen LogP contribution in [0.4, 0.5) is 0 Å². The molecule has 2 aliphatic rings. The lowest BCUT2D eigenvalue weighted by Crippen LogP contribution is -2.53. The molecule has 0 spiro atoms. The van der Waals surface area contributed by atoms with E-state index >= 15 is 0 Å². The normalized spacial score (nSPS) is 13.1. The number of aromatic nitrogens is 1. The SMILES string of the molecule is c1ccc2c(c1)OB1c3ccc(-c4cccc5c4oc4ccc6c7ccccc7oc6c45)cc3Oc3cc(-n4c5ccccc5c5ccccc54)cc-2c31. The van der Waals surface area contributed by atoms with Gasteiger partial charge >= 0.3 is 6.92 Å². The van der Waals surface area contributed by atoms with Gasteiger partial charge in [0.15, 0.2) is 0 Å². The molecule has 13 rings (SSSR count). The second-order valence-electron chi connectivity index (χ2n) is 14.3. The third-order valence-corrected chi connectivity index (χ3v) is 11.5. The van der Waals surface area contributed by atoms with Crippen LogP contribution in [0.1, 0.15) is 0 Å². The quantitative estimate of drug-likeness (QED) is 0.169. The van der Waals surface area contributed by atoms with Crippen LogP contribution in [0.3, 0.4) is 0 Å². The van der Waals surface area contributed by atoms with Crippen LogP contribution >= 0.6 is 0 Å². The highest BCUT2D eigenvalue weighted by Gasteiger charge is 2.41. The third-order valence-electron chi connectivity index (χ3n) is 11.5. The van der Waals surface area contributed by atoms with Crippen LogP contribution in [0.5, 0.6) is 17.2 Å². The first-order valence-electron chi connectivity index (χ1n) is 18.3. The van der Waals surface area contributed by atoms with Gasteiger partial charge in [0.1, 0.15) is 39.6 Å². The summed E-state index contributed by atoms with van der Waals surface area (Å²) in [6, 6.07) is 55.1. The fourth-order valence-electron chi connectivity index (χ4n) is 9.13. The fraction of sp³-hybridized carbons (Fsp3) is 0. The first-order chi connectivity index (χ1) is 26.8. The Bertz CT molecular complexity index is 3370. The number of hydrogen-bond acceptors (Lipinski definition) is 4. The van der Waals surface area contributed by atoms with E-state index in [2.05, 4.69) is 138 Å². The van der Waals surface area contributed by atoms with Crippen LogP contribution in [0.2, 0.25) is 0 Å². The van der Waals surface area contributed by atoms with Gasteiger partial charge in [0, 0.05) is 55.0 Å². The predicted molar refractivity (Wildman–Crippen MR) is 218 cm³/mol. The molecule has 0 N–H and O–H groups in total. The fourth-order valence-corrected chi connectivity index (χ4v) is 9.13. The summed E-state index contributed by atoms with van der Waals surface area (Å²) < 4.78 is 29.3. The van der Waals surface area contributed by atoms with Gasteiger partial charge in [-0.05, 0) is 59.7 Å². The molecule has 5 nitrogen and oxygen atoms in total. The zero-order chi connectivity index (χ0) is 35.1. The molecule has 6 heteroatoms. The van der Waals surface area contributed by atoms with Crippen LogP contribution in [-0.2, 0) is 0 Å². The second kappa shape index (κ2) is 10.2. The summed E-state index contributed by atoms with van der Waals surface area (Å²) in [7, 11) is 0. The highest BCUT2D eigenvalue weighted by molar-refractivity contribution is 6.84. The predicted octanol–water partition coefficient (Wildman–Crippen LogP) is 11.5. The minimum Gasteiger partial charge on any atom is -0.551 e. The summed E-state index contributed by atoms with van der Waals surface area (Å²) in [6.45, 7) is -0.321. The van der Waals surface area contributed by atoms with Crippen LogP contribution in [0.15, 0.2) is 167 Å². The molecule has 2 aliphatic heterocycles. The van der Waals surface area contributed by atoms with Crippen molar-refractivity contribution >= 4 is 83.5 Å². The number of ether oxygens (including phenoxy) is 1. The van der Waals surface area contributed by atoms with Gasteiger partial charge in [-0.3, -0.25) is 0 Å². The molecule has 0 aliphatic carbocycles. The Morgan fingerprint density at radius 1 is 0.444 bits per heavy atom. The lowest BCUT2D eigenvalue weighted by Gasteiger charge is -2.33. The molecule has 0 saturated heterocycles. The van der Waals surface area contributed by atoms with E-state index in [1.807, 2.05) is 24.3 Å². The van der Waals surface area contributed by atoms with Gasteiger partial charge < -0.3 is 22.8 Å². The van der Waals surface area contributed by atoms with Crippen molar-refractivity contribution in [2.24, 2.45) is 0 Å². The monoisotopic (exact) mass is 691 g/mol. The molecule has 0 amide bonds. The van der Waals surface area contributed by atoms with Gasteiger partial charge in [0.2, 0.25) is 0 Å². The minimum atomic E-state index is -0.321. The van der Waals surface area contributed by atoms with Crippen LogP contribution in [0, 0.1) is 0 Å². The first kappa shape index (κ1) is 28.4. The summed E-state index contributed by atoms with van der Waals surface area (Å²) in [5.74, 6) is 2.42. The van der Waals surface area contributed by atoms with E-state index in [1.165, 1.54) is 10.8 Å². The molecule has 0 bridgehead atoms. The maximum Gasteiger partial charge on any atom is 0.434 e. The van der Waals surface area contributed by atoms with E-state index in [9.17, 15) is 0 Å². The summed E-state index contributed by atoms with van der Waals surface area (Å²) in [4.78, 5) is 0. The number of benzene rings is 8. The minimum absolute atomic E-state index is 0.321. The van der Waals surface area contributed by atoms with Gasteiger partial charge in [0.05, 0.1) is 22.1 Å². The van der Waals surface area contributed by atoms with Gasteiger partial charge in [-0.1, -0.05) is 103 Å². The third kappa shape index (κ3) is 3.69. The van der Waals surface area contributed by atoms with Gasteiger partial charge in [0.25, 0.3) is 0 Å². The van der Waals surface area contributed by atoms with E-state index in [0.29, 0.717) is 0 Å². The van der Waals surface area contributed by atoms with Crippen LogP contribution < -0.4 is 20.3 Å². The molecule has 54 heavy (non-hydrogen) atoms. The molecule has 3 aromatic heterocycles. The maximum absolute atomic E-state index is 6.99.